The number of benzene rings is 1. The summed E-state index contributed by atoms with van der Waals surface area (Å²) in [6.07, 6.45) is 2.09. The summed E-state index contributed by atoms with van der Waals surface area (Å²) < 4.78 is 4.81. The van der Waals surface area contributed by atoms with Crippen molar-refractivity contribution in [2.75, 3.05) is 7.11 Å². The third-order valence-corrected chi connectivity index (χ3v) is 4.78. The number of hydrogen-bond acceptors (Lipinski definition) is 4. The molecule has 1 saturated carbocycles. The average molecular weight is 376 g/mol. The predicted octanol–water partition coefficient (Wildman–Crippen LogP) is 3.86. The van der Waals surface area contributed by atoms with E-state index in [-0.39, 0.29) is 22.6 Å². The molecule has 5 nitrogen and oxygen atoms in total. The normalized spacial score (nSPS) is 16.6. The van der Waals surface area contributed by atoms with Crippen LogP contribution in [0.4, 0.5) is 0 Å². The molecule has 2 rings (SSSR count). The maximum Gasteiger partial charge on any atom is 0.356 e. The van der Waals surface area contributed by atoms with Crippen molar-refractivity contribution in [2.45, 2.75) is 39.7 Å². The highest BCUT2D eigenvalue weighted by Gasteiger charge is 2.28. The summed E-state index contributed by atoms with van der Waals surface area (Å²) in [6, 6.07) is 5.95. The molecule has 1 atom stereocenters. The molecule has 1 aromatic rings. The number of carbonyl (C=O) groups is 1. The number of allylic oxidation sites excluding steroid dienone is 1. The molecular formula is C20H26ClN3O2. The number of rotatable bonds is 7. The number of aliphatic imine (C=N–C) groups is 1. The quantitative estimate of drug-likeness (QED) is 0.328. The average Bonchev–Trinajstić information content (AvgIpc) is 3.43. The number of nitrogens with one attached hydrogen (secondary N) is 1. The lowest BCUT2D eigenvalue weighted by molar-refractivity contribution is -0.136. The summed E-state index contributed by atoms with van der Waals surface area (Å²) in [6.45, 7) is 9.96. The van der Waals surface area contributed by atoms with Gasteiger partial charge in [-0.05, 0) is 50.7 Å². The van der Waals surface area contributed by atoms with Crippen LogP contribution in [0.2, 0.25) is 0 Å². The van der Waals surface area contributed by atoms with Crippen LogP contribution in [0.1, 0.15) is 42.5 Å². The maximum atomic E-state index is 12.1. The van der Waals surface area contributed by atoms with Crippen LogP contribution < -0.4 is 11.1 Å². The van der Waals surface area contributed by atoms with E-state index in [9.17, 15) is 4.79 Å². The number of ether oxygens (including phenoxy) is 1. The van der Waals surface area contributed by atoms with Crippen LogP contribution in [0.3, 0.4) is 0 Å². The van der Waals surface area contributed by atoms with Gasteiger partial charge < -0.3 is 15.8 Å². The van der Waals surface area contributed by atoms with Crippen molar-refractivity contribution in [1.82, 2.24) is 5.32 Å². The second-order valence-corrected chi connectivity index (χ2v) is 7.03. The Hall–Kier alpha value is -2.27. The van der Waals surface area contributed by atoms with E-state index in [0.29, 0.717) is 5.92 Å². The summed E-state index contributed by atoms with van der Waals surface area (Å²) in [4.78, 5) is 16.6. The lowest BCUT2D eigenvalue weighted by Gasteiger charge is -2.15. The SMILES string of the molecule is C=C(NC(C(=O)OC)=C(Cl)C(N)=NC(C)c1ccc(C)cc1C)C1CC1. The molecular weight excluding hydrogens is 350 g/mol. The Morgan fingerprint density at radius 3 is 2.62 bits per heavy atom. The van der Waals surface area contributed by atoms with Gasteiger partial charge in [-0.2, -0.15) is 0 Å². The molecule has 1 aliphatic rings. The van der Waals surface area contributed by atoms with E-state index in [1.54, 1.807) is 0 Å². The van der Waals surface area contributed by atoms with Gasteiger partial charge in [-0.1, -0.05) is 41.9 Å². The maximum absolute atomic E-state index is 12.1. The van der Waals surface area contributed by atoms with E-state index in [0.717, 1.165) is 29.7 Å². The summed E-state index contributed by atoms with van der Waals surface area (Å²) in [7, 11) is 1.29. The van der Waals surface area contributed by atoms with E-state index < -0.39 is 5.97 Å². The zero-order valence-corrected chi connectivity index (χ0v) is 16.5. The highest BCUT2D eigenvalue weighted by Crippen LogP contribution is 2.34. The fraction of sp³-hybridized carbons (Fsp3) is 0.400. The van der Waals surface area contributed by atoms with Crippen LogP contribution in [0.25, 0.3) is 0 Å². The Morgan fingerprint density at radius 2 is 2.08 bits per heavy atom. The molecule has 0 saturated heterocycles. The molecule has 6 heteroatoms. The minimum absolute atomic E-state index is 0.0373. The van der Waals surface area contributed by atoms with Gasteiger partial charge in [0.2, 0.25) is 0 Å². The van der Waals surface area contributed by atoms with Crippen LogP contribution in [0.5, 0.6) is 0 Å². The fourth-order valence-electron chi connectivity index (χ4n) is 2.75. The van der Waals surface area contributed by atoms with E-state index in [1.165, 1.54) is 12.7 Å². The highest BCUT2D eigenvalue weighted by molar-refractivity contribution is 6.44. The number of esters is 1. The minimum Gasteiger partial charge on any atom is -0.464 e. The van der Waals surface area contributed by atoms with Crippen LogP contribution in [0.15, 0.2) is 46.2 Å². The van der Waals surface area contributed by atoms with Crippen molar-refractivity contribution in [3.05, 3.63) is 57.9 Å². The van der Waals surface area contributed by atoms with E-state index in [2.05, 4.69) is 23.0 Å². The molecule has 0 aromatic heterocycles. The van der Waals surface area contributed by atoms with E-state index in [4.69, 9.17) is 22.1 Å². The van der Waals surface area contributed by atoms with Crippen LogP contribution in [0, 0.1) is 19.8 Å². The van der Waals surface area contributed by atoms with Gasteiger partial charge in [0.15, 0.2) is 0 Å². The molecule has 26 heavy (non-hydrogen) atoms. The Morgan fingerprint density at radius 1 is 1.42 bits per heavy atom. The predicted molar refractivity (Wildman–Crippen MR) is 106 cm³/mol. The largest absolute Gasteiger partial charge is 0.464 e. The highest BCUT2D eigenvalue weighted by atomic mass is 35.5. The van der Waals surface area contributed by atoms with Crippen LogP contribution >= 0.6 is 11.6 Å². The second kappa shape index (κ2) is 8.41. The summed E-state index contributed by atoms with van der Waals surface area (Å²) in [5.74, 6) is -0.170. The number of carbonyl (C=O) groups excluding carboxylic acids is 1. The first-order valence-corrected chi connectivity index (χ1v) is 8.97. The summed E-state index contributed by atoms with van der Waals surface area (Å²) in [5.41, 5.74) is 10.2. The fourth-order valence-corrected chi connectivity index (χ4v) is 2.92. The Labute approximate surface area is 160 Å². The summed E-state index contributed by atoms with van der Waals surface area (Å²) >= 11 is 6.36. The standard InChI is InChI=1S/C20H26ClN3O2/c1-11-6-9-16(12(2)10-11)14(4)24-19(22)17(21)18(20(25)26-5)23-13(3)15-7-8-15/h6,9-10,14-15,23H,3,7-8H2,1-2,4-5H3,(H2,22,24). The molecule has 0 amide bonds. The first-order chi connectivity index (χ1) is 12.2. The summed E-state index contributed by atoms with van der Waals surface area (Å²) in [5, 5.41) is 3.00. The Balaban J connectivity index is 2.30. The lowest BCUT2D eigenvalue weighted by Crippen LogP contribution is -2.27. The molecule has 1 unspecified atom stereocenters. The Bertz CT molecular complexity index is 779. The number of hydrogen-bond donors (Lipinski definition) is 2. The van der Waals surface area contributed by atoms with Gasteiger partial charge >= 0.3 is 5.97 Å². The molecule has 0 spiro atoms. The molecule has 0 bridgehead atoms. The van der Waals surface area contributed by atoms with Crippen molar-refractivity contribution in [1.29, 1.82) is 0 Å². The van der Waals surface area contributed by atoms with Crippen LogP contribution in [-0.4, -0.2) is 18.9 Å². The van der Waals surface area contributed by atoms with Gasteiger partial charge in [-0.25, -0.2) is 4.79 Å². The molecule has 0 radical (unpaired) electrons. The molecule has 1 aliphatic carbocycles. The van der Waals surface area contributed by atoms with Crippen LogP contribution in [-0.2, 0) is 9.53 Å². The topological polar surface area (TPSA) is 76.7 Å². The molecule has 1 fully saturated rings. The number of halogens is 1. The van der Waals surface area contributed by atoms with Crippen molar-refractivity contribution < 1.29 is 9.53 Å². The van der Waals surface area contributed by atoms with Crippen molar-refractivity contribution in [3.63, 3.8) is 0 Å². The minimum atomic E-state index is -0.603. The molecule has 1 aromatic carbocycles. The van der Waals surface area contributed by atoms with Gasteiger partial charge in [0.05, 0.1) is 13.2 Å². The smallest absolute Gasteiger partial charge is 0.356 e. The zero-order valence-electron chi connectivity index (χ0n) is 15.7. The zero-order chi connectivity index (χ0) is 19.4. The van der Waals surface area contributed by atoms with Crippen molar-refractivity contribution in [2.24, 2.45) is 16.6 Å². The molecule has 3 N–H and O–H groups in total. The van der Waals surface area contributed by atoms with Crippen molar-refractivity contribution in [3.8, 4) is 0 Å². The molecule has 0 heterocycles. The second-order valence-electron chi connectivity index (χ2n) is 6.66. The van der Waals surface area contributed by atoms with E-state index in [1.807, 2.05) is 32.9 Å². The molecule has 140 valence electrons. The molecule has 0 aliphatic heterocycles. The van der Waals surface area contributed by atoms with Crippen molar-refractivity contribution >= 4 is 23.4 Å². The third-order valence-electron chi connectivity index (χ3n) is 4.40. The first-order valence-electron chi connectivity index (χ1n) is 8.59. The third kappa shape index (κ3) is 4.88. The number of nitrogens with two attached hydrogens (primary N) is 1. The lowest BCUT2D eigenvalue weighted by atomic mass is 10.0. The number of nitrogens with zero attached hydrogens (tertiary/aromatic N) is 1. The van der Waals surface area contributed by atoms with Gasteiger partial charge in [-0.15, -0.1) is 0 Å². The first kappa shape index (κ1) is 20.0. The van der Waals surface area contributed by atoms with Gasteiger partial charge in [0, 0.05) is 5.70 Å². The number of amidine groups is 1. The Kier molecular flexibility index (Phi) is 6.48. The van der Waals surface area contributed by atoms with Gasteiger partial charge in [0.1, 0.15) is 16.6 Å². The number of methoxy groups -OCH3 is 1. The monoisotopic (exact) mass is 375 g/mol. The van der Waals surface area contributed by atoms with Gasteiger partial charge in [-0.3, -0.25) is 4.99 Å². The van der Waals surface area contributed by atoms with E-state index >= 15 is 0 Å². The van der Waals surface area contributed by atoms with Gasteiger partial charge in [0.25, 0.3) is 0 Å². The number of aryl methyl sites for hydroxylation is 2.